The second-order valence-corrected chi connectivity index (χ2v) is 9.32. The number of amides is 1. The lowest BCUT2D eigenvalue weighted by atomic mass is 9.89. The van der Waals surface area contributed by atoms with Crippen LogP contribution in [0.5, 0.6) is 5.75 Å². The number of ether oxygens (including phenoxy) is 1. The van der Waals surface area contributed by atoms with Crippen LogP contribution in [0, 0.1) is 5.92 Å². The maximum Gasteiger partial charge on any atom is 0.303 e. The highest BCUT2D eigenvalue weighted by Gasteiger charge is 2.28. The summed E-state index contributed by atoms with van der Waals surface area (Å²) in [5, 5.41) is 18.6. The van der Waals surface area contributed by atoms with Crippen molar-refractivity contribution in [1.82, 2.24) is 5.01 Å². The summed E-state index contributed by atoms with van der Waals surface area (Å²) >= 11 is 1.95. The number of carbonyl (C=O) groups excluding carboxylic acids is 1. The summed E-state index contributed by atoms with van der Waals surface area (Å²) in [4.78, 5) is 23.7. The second kappa shape index (κ2) is 10.1. The van der Waals surface area contributed by atoms with Gasteiger partial charge in [-0.05, 0) is 42.7 Å². The van der Waals surface area contributed by atoms with E-state index in [-0.39, 0.29) is 24.3 Å². The Morgan fingerprint density at radius 2 is 1.97 bits per heavy atom. The van der Waals surface area contributed by atoms with Crippen LogP contribution in [0.25, 0.3) is 0 Å². The molecule has 168 valence electrons. The van der Waals surface area contributed by atoms with Gasteiger partial charge in [0.25, 0.3) is 5.91 Å². The van der Waals surface area contributed by atoms with Gasteiger partial charge >= 0.3 is 5.97 Å². The lowest BCUT2D eigenvalue weighted by Crippen LogP contribution is -2.32. The van der Waals surface area contributed by atoms with E-state index in [4.69, 9.17) is 9.84 Å². The number of hydrogen-bond donors (Lipinski definition) is 2. The lowest BCUT2D eigenvalue weighted by Gasteiger charge is -2.31. The first kappa shape index (κ1) is 22.2. The Labute approximate surface area is 191 Å². The summed E-state index contributed by atoms with van der Waals surface area (Å²) in [6.07, 6.45) is 2.37. The molecule has 1 fully saturated rings. The molecule has 7 nitrogen and oxygen atoms in total. The van der Waals surface area contributed by atoms with Gasteiger partial charge in [-0.3, -0.25) is 14.6 Å². The molecule has 0 aromatic heterocycles. The summed E-state index contributed by atoms with van der Waals surface area (Å²) < 4.78 is 5.93. The van der Waals surface area contributed by atoms with Crippen LogP contribution in [0.15, 0.2) is 47.6 Å². The lowest BCUT2D eigenvalue weighted by molar-refractivity contribution is -0.139. The highest BCUT2D eigenvalue weighted by molar-refractivity contribution is 7.99. The number of nitrogens with zero attached hydrogens (tertiary/aromatic N) is 2. The van der Waals surface area contributed by atoms with Crippen LogP contribution >= 0.6 is 11.8 Å². The quantitative estimate of drug-likeness (QED) is 0.648. The van der Waals surface area contributed by atoms with Crippen molar-refractivity contribution in [2.24, 2.45) is 11.0 Å². The molecule has 2 heterocycles. The van der Waals surface area contributed by atoms with Crippen LogP contribution in [-0.4, -0.2) is 58.9 Å². The fraction of sp³-hybridized carbons (Fsp3) is 0.375. The molecule has 2 aromatic carbocycles. The van der Waals surface area contributed by atoms with Crippen LogP contribution in [0.1, 0.15) is 34.8 Å². The first-order valence-electron chi connectivity index (χ1n) is 10.8. The standard InChI is InChI=1S/C24H27N3O4S/c1-16-20(13-23(28)29)12-19-6-7-21(14-22(19)31-16)26-24(30)18-4-2-17(3-5-18)15-25-27-8-10-32-11-9-27/h2-7,14-16,20H,8-13H2,1H3,(H,26,30)(H,28,29). The topological polar surface area (TPSA) is 91.2 Å². The number of anilines is 1. The Kier molecular flexibility index (Phi) is 6.99. The Hall–Kier alpha value is -3.00. The predicted molar refractivity (Wildman–Crippen MR) is 127 cm³/mol. The molecule has 2 atom stereocenters. The van der Waals surface area contributed by atoms with E-state index in [0.29, 0.717) is 23.4 Å². The van der Waals surface area contributed by atoms with Crippen LogP contribution in [0.3, 0.4) is 0 Å². The Morgan fingerprint density at radius 3 is 2.69 bits per heavy atom. The third-order valence-electron chi connectivity index (χ3n) is 5.75. The molecule has 2 N–H and O–H groups in total. The van der Waals surface area contributed by atoms with Gasteiger partial charge in [0.05, 0.1) is 18.7 Å². The van der Waals surface area contributed by atoms with Crippen molar-refractivity contribution in [2.75, 3.05) is 29.9 Å². The van der Waals surface area contributed by atoms with Gasteiger partial charge in [0.1, 0.15) is 5.75 Å². The van der Waals surface area contributed by atoms with E-state index < -0.39 is 5.97 Å². The number of hydrazone groups is 1. The number of thioether (sulfide) groups is 1. The average Bonchev–Trinajstić information content (AvgIpc) is 2.79. The van der Waals surface area contributed by atoms with Crippen molar-refractivity contribution in [2.45, 2.75) is 25.9 Å². The minimum Gasteiger partial charge on any atom is -0.490 e. The summed E-state index contributed by atoms with van der Waals surface area (Å²) in [5.41, 5.74) is 3.12. The fourth-order valence-corrected chi connectivity index (χ4v) is 4.74. The molecule has 1 saturated heterocycles. The zero-order chi connectivity index (χ0) is 22.5. The molecule has 32 heavy (non-hydrogen) atoms. The monoisotopic (exact) mass is 453 g/mol. The zero-order valence-corrected chi connectivity index (χ0v) is 18.8. The number of hydrogen-bond acceptors (Lipinski definition) is 6. The van der Waals surface area contributed by atoms with E-state index in [2.05, 4.69) is 15.4 Å². The molecular weight excluding hydrogens is 426 g/mol. The third-order valence-corrected chi connectivity index (χ3v) is 6.69. The van der Waals surface area contributed by atoms with Gasteiger partial charge in [0.15, 0.2) is 0 Å². The Morgan fingerprint density at radius 1 is 1.22 bits per heavy atom. The molecule has 4 rings (SSSR count). The maximum absolute atomic E-state index is 12.7. The van der Waals surface area contributed by atoms with Gasteiger partial charge in [-0.2, -0.15) is 16.9 Å². The van der Waals surface area contributed by atoms with E-state index in [9.17, 15) is 9.59 Å². The average molecular weight is 454 g/mol. The highest BCUT2D eigenvalue weighted by Crippen LogP contribution is 2.34. The number of nitrogens with one attached hydrogen (secondary N) is 1. The van der Waals surface area contributed by atoms with E-state index in [1.54, 1.807) is 18.2 Å². The molecule has 2 aromatic rings. The van der Waals surface area contributed by atoms with Crippen molar-refractivity contribution in [3.05, 3.63) is 59.2 Å². The predicted octanol–water partition coefficient (Wildman–Crippen LogP) is 3.74. The van der Waals surface area contributed by atoms with Gasteiger partial charge in [-0.1, -0.05) is 18.2 Å². The second-order valence-electron chi connectivity index (χ2n) is 8.09. The summed E-state index contributed by atoms with van der Waals surface area (Å²) in [7, 11) is 0. The number of carbonyl (C=O) groups is 2. The van der Waals surface area contributed by atoms with Crippen molar-refractivity contribution in [3.8, 4) is 5.75 Å². The van der Waals surface area contributed by atoms with E-state index in [0.717, 1.165) is 35.7 Å². The number of benzene rings is 2. The van der Waals surface area contributed by atoms with Gasteiger partial charge in [0.2, 0.25) is 0 Å². The molecule has 0 spiro atoms. The highest BCUT2D eigenvalue weighted by atomic mass is 32.2. The molecule has 0 radical (unpaired) electrons. The SMILES string of the molecule is CC1Oc2cc(NC(=O)c3ccc(C=NN4CCSCC4)cc3)ccc2CC1CC(=O)O. The molecule has 2 aliphatic rings. The van der Waals surface area contributed by atoms with Crippen LogP contribution < -0.4 is 10.1 Å². The van der Waals surface area contributed by atoms with Crippen molar-refractivity contribution >= 4 is 35.5 Å². The zero-order valence-electron chi connectivity index (χ0n) is 18.0. The molecule has 2 unspecified atom stereocenters. The largest absolute Gasteiger partial charge is 0.490 e. The minimum atomic E-state index is -0.819. The normalized spacial score (nSPS) is 20.5. The Bertz CT molecular complexity index is 1000. The Balaban J connectivity index is 1.37. The van der Waals surface area contributed by atoms with Crippen molar-refractivity contribution in [1.29, 1.82) is 0 Å². The first-order chi connectivity index (χ1) is 15.5. The minimum absolute atomic E-state index is 0.0590. The third kappa shape index (κ3) is 5.62. The first-order valence-corrected chi connectivity index (χ1v) is 11.9. The summed E-state index contributed by atoms with van der Waals surface area (Å²) in [5.74, 6) is 1.82. The van der Waals surface area contributed by atoms with Crippen molar-refractivity contribution in [3.63, 3.8) is 0 Å². The number of fused-ring (bicyclic) bond motifs is 1. The molecule has 0 bridgehead atoms. The van der Waals surface area contributed by atoms with Gasteiger partial charge in [-0.25, -0.2) is 0 Å². The van der Waals surface area contributed by atoms with Crippen LogP contribution in [-0.2, 0) is 11.2 Å². The molecule has 8 heteroatoms. The molecule has 2 aliphatic heterocycles. The molecule has 1 amide bonds. The number of carboxylic acids is 1. The van der Waals surface area contributed by atoms with E-state index in [1.807, 2.05) is 49.2 Å². The summed E-state index contributed by atoms with van der Waals surface area (Å²) in [6.45, 7) is 3.81. The maximum atomic E-state index is 12.7. The van der Waals surface area contributed by atoms with Crippen LogP contribution in [0.2, 0.25) is 0 Å². The smallest absolute Gasteiger partial charge is 0.303 e. The number of aliphatic carboxylic acids is 1. The van der Waals surface area contributed by atoms with Crippen LogP contribution in [0.4, 0.5) is 5.69 Å². The van der Waals surface area contributed by atoms with E-state index in [1.165, 1.54) is 0 Å². The fourth-order valence-electron chi connectivity index (χ4n) is 3.86. The van der Waals surface area contributed by atoms with E-state index >= 15 is 0 Å². The number of rotatable bonds is 6. The molecular formula is C24H27N3O4S. The van der Waals surface area contributed by atoms with Crippen molar-refractivity contribution < 1.29 is 19.4 Å². The molecule has 0 aliphatic carbocycles. The van der Waals surface area contributed by atoms with Gasteiger partial charge < -0.3 is 15.2 Å². The summed E-state index contributed by atoms with van der Waals surface area (Å²) in [6, 6.07) is 12.9. The molecule has 0 saturated carbocycles. The number of carboxylic acid groups (broad SMARTS) is 1. The van der Waals surface area contributed by atoms with Gasteiger partial charge in [0, 0.05) is 47.8 Å². The van der Waals surface area contributed by atoms with Gasteiger partial charge in [-0.15, -0.1) is 0 Å².